The number of thiophene rings is 1. The third kappa shape index (κ3) is 2.82. The van der Waals surface area contributed by atoms with Crippen LogP contribution in [0.4, 0.5) is 5.82 Å². The molecular weight excluding hydrogens is 310 g/mol. The smallest absolute Gasteiger partial charge is 0.185 e. The first-order chi connectivity index (χ1) is 11.2. The summed E-state index contributed by atoms with van der Waals surface area (Å²) in [5.74, 6) is 1.02. The molecule has 0 amide bonds. The Kier molecular flexibility index (Phi) is 3.74. The fourth-order valence-corrected chi connectivity index (χ4v) is 4.17. The first-order valence-electron chi connectivity index (χ1n) is 7.91. The highest BCUT2D eigenvalue weighted by atomic mass is 32.1. The molecule has 1 fully saturated rings. The molecule has 4 rings (SSSR count). The van der Waals surface area contributed by atoms with Gasteiger partial charge in [-0.1, -0.05) is 11.6 Å². The molecule has 0 aromatic carbocycles. The normalized spacial score (nSPS) is 19.4. The Morgan fingerprint density at radius 2 is 2.30 bits per heavy atom. The van der Waals surface area contributed by atoms with Crippen LogP contribution in [0.15, 0.2) is 22.9 Å². The zero-order chi connectivity index (χ0) is 15.8. The van der Waals surface area contributed by atoms with Gasteiger partial charge in [-0.05, 0) is 32.4 Å². The highest BCUT2D eigenvalue weighted by Gasteiger charge is 2.20. The van der Waals surface area contributed by atoms with E-state index in [1.807, 2.05) is 0 Å². The third-order valence-electron chi connectivity index (χ3n) is 4.44. The molecule has 2 N–H and O–H groups in total. The van der Waals surface area contributed by atoms with Crippen molar-refractivity contribution in [2.45, 2.75) is 38.8 Å². The number of anilines is 1. The monoisotopic (exact) mass is 329 g/mol. The summed E-state index contributed by atoms with van der Waals surface area (Å²) in [6, 6.07) is 4.51. The maximum atomic E-state index is 6.12. The molecule has 0 bridgehead atoms. The van der Waals surface area contributed by atoms with Crippen LogP contribution in [-0.4, -0.2) is 32.6 Å². The summed E-state index contributed by atoms with van der Waals surface area (Å²) >= 11 is 1.69. The van der Waals surface area contributed by atoms with Crippen LogP contribution in [0.5, 0.6) is 0 Å². The van der Waals surface area contributed by atoms with Crippen molar-refractivity contribution >= 4 is 27.4 Å². The lowest BCUT2D eigenvalue weighted by molar-refractivity contribution is 0.154. The number of piperidine rings is 1. The predicted octanol–water partition coefficient (Wildman–Crippen LogP) is 3.30. The Morgan fingerprint density at radius 1 is 1.39 bits per heavy atom. The zero-order valence-corrected chi connectivity index (χ0v) is 13.8. The summed E-state index contributed by atoms with van der Waals surface area (Å²) in [4.78, 5) is 13.7. The van der Waals surface area contributed by atoms with Crippen molar-refractivity contribution in [1.29, 1.82) is 0 Å². The molecule has 120 valence electrons. The van der Waals surface area contributed by atoms with Gasteiger partial charge in [-0.25, -0.2) is 9.97 Å². The minimum atomic E-state index is 0.502. The van der Waals surface area contributed by atoms with E-state index in [1.54, 1.807) is 17.4 Å². The van der Waals surface area contributed by atoms with Gasteiger partial charge in [-0.2, -0.15) is 0 Å². The van der Waals surface area contributed by atoms with Gasteiger partial charge in [0.1, 0.15) is 16.9 Å². The van der Waals surface area contributed by atoms with Crippen LogP contribution in [0.2, 0.25) is 0 Å². The standard InChI is InChI=1S/C16H19N5OS/c1-10-4-2-3-6-21(10)9-11-8-12-14(17)18-15(19-16(12)23-11)13-5-7-22-20-13/h5,7-8,10H,2-4,6,9H2,1H3,(H2,17,18,19)/t10-/m0/s1. The highest BCUT2D eigenvalue weighted by Crippen LogP contribution is 2.31. The van der Waals surface area contributed by atoms with Crippen LogP contribution >= 0.6 is 11.3 Å². The fourth-order valence-electron chi connectivity index (χ4n) is 3.11. The third-order valence-corrected chi connectivity index (χ3v) is 5.45. The van der Waals surface area contributed by atoms with Gasteiger partial charge in [0.15, 0.2) is 11.5 Å². The van der Waals surface area contributed by atoms with E-state index >= 15 is 0 Å². The van der Waals surface area contributed by atoms with E-state index in [9.17, 15) is 0 Å². The molecule has 0 radical (unpaired) electrons. The lowest BCUT2D eigenvalue weighted by Crippen LogP contribution is -2.36. The number of nitrogens with two attached hydrogens (primary N) is 1. The topological polar surface area (TPSA) is 81.1 Å². The van der Waals surface area contributed by atoms with Gasteiger partial charge in [0, 0.05) is 23.5 Å². The summed E-state index contributed by atoms with van der Waals surface area (Å²) in [5, 5.41) is 4.82. The van der Waals surface area contributed by atoms with E-state index < -0.39 is 0 Å². The second-order valence-electron chi connectivity index (χ2n) is 6.06. The highest BCUT2D eigenvalue weighted by molar-refractivity contribution is 7.18. The molecule has 0 spiro atoms. The molecule has 4 heterocycles. The number of hydrogen-bond donors (Lipinski definition) is 1. The average molecular weight is 329 g/mol. The number of rotatable bonds is 3. The molecule has 1 atom stereocenters. The first-order valence-corrected chi connectivity index (χ1v) is 8.73. The molecule has 6 nitrogen and oxygen atoms in total. The lowest BCUT2D eigenvalue weighted by Gasteiger charge is -2.32. The zero-order valence-electron chi connectivity index (χ0n) is 13.0. The van der Waals surface area contributed by atoms with Crippen molar-refractivity contribution in [2.24, 2.45) is 0 Å². The summed E-state index contributed by atoms with van der Waals surface area (Å²) in [6.07, 6.45) is 5.41. The predicted molar refractivity (Wildman–Crippen MR) is 91.0 cm³/mol. The molecule has 0 saturated carbocycles. The number of nitrogens with zero attached hydrogens (tertiary/aromatic N) is 4. The Hall–Kier alpha value is -1.99. The quantitative estimate of drug-likeness (QED) is 0.794. The SMILES string of the molecule is C[C@H]1CCCCN1Cc1cc2c(N)nc(-c3ccon3)nc2s1. The summed E-state index contributed by atoms with van der Waals surface area (Å²) < 4.78 is 4.86. The maximum Gasteiger partial charge on any atom is 0.185 e. The van der Waals surface area contributed by atoms with Crippen molar-refractivity contribution in [3.05, 3.63) is 23.3 Å². The van der Waals surface area contributed by atoms with Gasteiger partial charge < -0.3 is 10.3 Å². The largest absolute Gasteiger partial charge is 0.383 e. The number of hydrogen-bond acceptors (Lipinski definition) is 7. The van der Waals surface area contributed by atoms with E-state index in [1.165, 1.54) is 36.9 Å². The molecule has 3 aromatic rings. The van der Waals surface area contributed by atoms with Gasteiger partial charge >= 0.3 is 0 Å². The van der Waals surface area contributed by atoms with Crippen LogP contribution in [0.25, 0.3) is 21.7 Å². The molecular formula is C16H19N5OS. The van der Waals surface area contributed by atoms with Gasteiger partial charge in [-0.3, -0.25) is 4.90 Å². The molecule has 0 unspecified atom stereocenters. The van der Waals surface area contributed by atoms with Crippen molar-refractivity contribution in [2.75, 3.05) is 12.3 Å². The van der Waals surface area contributed by atoms with E-state index in [4.69, 9.17) is 10.3 Å². The number of nitrogen functional groups attached to an aromatic ring is 1. The minimum absolute atomic E-state index is 0.502. The molecule has 1 aliphatic heterocycles. The maximum absolute atomic E-state index is 6.12. The fraction of sp³-hybridized carbons (Fsp3) is 0.438. The Labute approximate surface area is 138 Å². The van der Waals surface area contributed by atoms with Crippen molar-refractivity contribution < 1.29 is 4.52 Å². The van der Waals surface area contributed by atoms with Crippen LogP contribution in [-0.2, 0) is 6.54 Å². The lowest BCUT2D eigenvalue weighted by atomic mass is 10.0. The van der Waals surface area contributed by atoms with Gasteiger partial charge in [-0.15, -0.1) is 11.3 Å². The van der Waals surface area contributed by atoms with Crippen molar-refractivity contribution in [3.8, 4) is 11.5 Å². The van der Waals surface area contributed by atoms with E-state index in [-0.39, 0.29) is 0 Å². The van der Waals surface area contributed by atoms with E-state index in [0.29, 0.717) is 23.4 Å². The molecule has 1 aliphatic rings. The number of aromatic nitrogens is 3. The van der Waals surface area contributed by atoms with Crippen LogP contribution < -0.4 is 5.73 Å². The van der Waals surface area contributed by atoms with Gasteiger partial charge in [0.25, 0.3) is 0 Å². The summed E-state index contributed by atoms with van der Waals surface area (Å²) in [5.41, 5.74) is 6.73. The molecule has 23 heavy (non-hydrogen) atoms. The number of fused-ring (bicyclic) bond motifs is 1. The Balaban J connectivity index is 1.66. The van der Waals surface area contributed by atoms with Gasteiger partial charge in [0.05, 0.1) is 5.39 Å². The Morgan fingerprint density at radius 3 is 3.09 bits per heavy atom. The van der Waals surface area contributed by atoms with Crippen molar-refractivity contribution in [3.63, 3.8) is 0 Å². The Bertz CT molecular complexity index is 813. The van der Waals surface area contributed by atoms with Crippen molar-refractivity contribution in [1.82, 2.24) is 20.0 Å². The second-order valence-corrected chi connectivity index (χ2v) is 7.18. The average Bonchev–Trinajstić information content (AvgIpc) is 3.19. The first kappa shape index (κ1) is 14.6. The number of likely N-dealkylation sites (tertiary alicyclic amines) is 1. The molecule has 0 aliphatic carbocycles. The van der Waals surface area contributed by atoms with Gasteiger partial charge in [0.2, 0.25) is 0 Å². The van der Waals surface area contributed by atoms with E-state index in [0.717, 1.165) is 16.8 Å². The van der Waals surface area contributed by atoms with Crippen LogP contribution in [0.3, 0.4) is 0 Å². The molecule has 3 aromatic heterocycles. The summed E-state index contributed by atoms with van der Waals surface area (Å²) in [6.45, 7) is 4.44. The molecule has 1 saturated heterocycles. The van der Waals surface area contributed by atoms with E-state index in [2.05, 4.69) is 33.0 Å². The second kappa shape index (κ2) is 5.90. The summed E-state index contributed by atoms with van der Waals surface area (Å²) in [7, 11) is 0. The minimum Gasteiger partial charge on any atom is -0.383 e. The van der Waals surface area contributed by atoms with Crippen LogP contribution in [0, 0.1) is 0 Å². The van der Waals surface area contributed by atoms with Crippen LogP contribution in [0.1, 0.15) is 31.1 Å². The molecule has 7 heteroatoms.